The molecule has 3 aromatic rings. The fraction of sp³-hybridized carbons (Fsp3) is 0.240. The maximum atomic E-state index is 4.85. The lowest BCUT2D eigenvalue weighted by Gasteiger charge is -2.20. The van der Waals surface area contributed by atoms with Gasteiger partial charge in [0.1, 0.15) is 0 Å². The van der Waals surface area contributed by atoms with Crippen molar-refractivity contribution >= 4 is 23.1 Å². The predicted molar refractivity (Wildman–Crippen MR) is 113 cm³/mol. The highest BCUT2D eigenvalue weighted by Gasteiger charge is 2.26. The van der Waals surface area contributed by atoms with E-state index in [0.29, 0.717) is 5.92 Å². The van der Waals surface area contributed by atoms with Gasteiger partial charge in [-0.2, -0.15) is 0 Å². The molecule has 1 atom stereocenters. The van der Waals surface area contributed by atoms with Crippen molar-refractivity contribution in [3.8, 4) is 0 Å². The van der Waals surface area contributed by atoms with Crippen LogP contribution >= 0.6 is 0 Å². The van der Waals surface area contributed by atoms with Gasteiger partial charge < -0.3 is 0 Å². The van der Waals surface area contributed by atoms with Crippen LogP contribution in [-0.4, -0.2) is 11.8 Å². The van der Waals surface area contributed by atoms with Crippen molar-refractivity contribution in [2.24, 2.45) is 4.99 Å². The van der Waals surface area contributed by atoms with E-state index in [1.54, 1.807) is 0 Å². The standard InChI is InChI=1S/C25H25N/c1-17-15-19-10-6-8-12-21(19)24(17)22-14-13-18-9-5-7-11-20(18)23(22)16-26-25(2,3)4/h5-16,24H,1-4H3. The van der Waals surface area contributed by atoms with Crippen LogP contribution in [0.4, 0.5) is 0 Å². The molecule has 1 nitrogen and oxygen atoms in total. The summed E-state index contributed by atoms with van der Waals surface area (Å²) in [6, 6.07) is 21.9. The first-order valence-corrected chi connectivity index (χ1v) is 9.28. The van der Waals surface area contributed by atoms with Crippen LogP contribution in [0.15, 0.2) is 71.2 Å². The Kier molecular flexibility index (Phi) is 4.03. The van der Waals surface area contributed by atoms with Crippen LogP contribution in [0, 0.1) is 0 Å². The second kappa shape index (κ2) is 6.25. The Morgan fingerprint density at radius 2 is 1.58 bits per heavy atom. The summed E-state index contributed by atoms with van der Waals surface area (Å²) in [5.41, 5.74) is 6.62. The molecule has 1 unspecified atom stereocenters. The van der Waals surface area contributed by atoms with Crippen LogP contribution in [0.2, 0.25) is 0 Å². The largest absolute Gasteiger partial charge is 0.287 e. The fourth-order valence-electron chi connectivity index (χ4n) is 3.86. The molecule has 0 heterocycles. The number of allylic oxidation sites excluding steroid dienone is 1. The molecule has 4 rings (SSSR count). The number of hydrogen-bond acceptors (Lipinski definition) is 1. The van der Waals surface area contributed by atoms with Crippen LogP contribution in [0.25, 0.3) is 16.8 Å². The number of hydrogen-bond donors (Lipinski definition) is 0. The molecule has 0 aromatic heterocycles. The van der Waals surface area contributed by atoms with Gasteiger partial charge in [-0.1, -0.05) is 72.3 Å². The molecule has 1 heteroatoms. The Labute approximate surface area is 156 Å². The number of aliphatic imine (C=N–C) groups is 1. The van der Waals surface area contributed by atoms with Gasteiger partial charge in [0, 0.05) is 17.7 Å². The molecule has 130 valence electrons. The van der Waals surface area contributed by atoms with E-state index in [9.17, 15) is 0 Å². The first-order valence-electron chi connectivity index (χ1n) is 9.28. The summed E-state index contributed by atoms with van der Waals surface area (Å²) in [6.07, 6.45) is 4.41. The smallest absolute Gasteiger partial charge is 0.0524 e. The second-order valence-electron chi connectivity index (χ2n) is 8.17. The van der Waals surface area contributed by atoms with Crippen molar-refractivity contribution in [2.45, 2.75) is 39.2 Å². The molecule has 0 amide bonds. The first-order chi connectivity index (χ1) is 12.4. The SMILES string of the molecule is CC1=Cc2ccccc2C1c1ccc2ccccc2c1C=NC(C)(C)C. The lowest BCUT2D eigenvalue weighted by atomic mass is 9.84. The van der Waals surface area contributed by atoms with Crippen molar-refractivity contribution in [3.63, 3.8) is 0 Å². The summed E-state index contributed by atoms with van der Waals surface area (Å²) >= 11 is 0. The summed E-state index contributed by atoms with van der Waals surface area (Å²) in [5, 5.41) is 2.54. The molecule has 0 aliphatic heterocycles. The van der Waals surface area contributed by atoms with E-state index >= 15 is 0 Å². The van der Waals surface area contributed by atoms with E-state index in [-0.39, 0.29) is 5.54 Å². The van der Waals surface area contributed by atoms with Crippen molar-refractivity contribution in [1.29, 1.82) is 0 Å². The van der Waals surface area contributed by atoms with Gasteiger partial charge in [0.2, 0.25) is 0 Å². The summed E-state index contributed by atoms with van der Waals surface area (Å²) in [5.74, 6) is 0.303. The van der Waals surface area contributed by atoms with Gasteiger partial charge in [0.05, 0.1) is 5.54 Å². The highest BCUT2D eigenvalue weighted by molar-refractivity contribution is 6.02. The summed E-state index contributed by atoms with van der Waals surface area (Å²) < 4.78 is 0. The molecular formula is C25H25N. The lowest BCUT2D eigenvalue weighted by Crippen LogP contribution is -2.11. The average Bonchev–Trinajstić information content (AvgIpc) is 2.94. The molecule has 1 aliphatic carbocycles. The van der Waals surface area contributed by atoms with E-state index in [4.69, 9.17) is 4.99 Å². The number of rotatable bonds is 2. The van der Waals surface area contributed by atoms with E-state index in [1.165, 1.54) is 38.6 Å². The number of nitrogens with zero attached hydrogens (tertiary/aromatic N) is 1. The first kappa shape index (κ1) is 16.8. The molecule has 0 saturated carbocycles. The zero-order chi connectivity index (χ0) is 18.3. The highest BCUT2D eigenvalue weighted by Crippen LogP contribution is 2.42. The molecule has 3 aromatic carbocycles. The normalized spacial score (nSPS) is 16.9. The van der Waals surface area contributed by atoms with Gasteiger partial charge in [-0.25, -0.2) is 0 Å². The summed E-state index contributed by atoms with van der Waals surface area (Å²) in [7, 11) is 0. The molecule has 0 N–H and O–H groups in total. The minimum atomic E-state index is -0.0906. The maximum absolute atomic E-state index is 4.85. The second-order valence-corrected chi connectivity index (χ2v) is 8.17. The summed E-state index contributed by atoms with van der Waals surface area (Å²) in [6.45, 7) is 8.67. The van der Waals surface area contributed by atoms with Gasteiger partial charge in [0.25, 0.3) is 0 Å². The monoisotopic (exact) mass is 339 g/mol. The third-order valence-corrected chi connectivity index (χ3v) is 5.04. The minimum Gasteiger partial charge on any atom is -0.287 e. The summed E-state index contributed by atoms with van der Waals surface area (Å²) in [4.78, 5) is 4.85. The highest BCUT2D eigenvalue weighted by atomic mass is 14.8. The topological polar surface area (TPSA) is 12.4 Å². The van der Waals surface area contributed by atoms with Crippen LogP contribution in [0.3, 0.4) is 0 Å². The lowest BCUT2D eigenvalue weighted by molar-refractivity contribution is 0.586. The zero-order valence-electron chi connectivity index (χ0n) is 16.0. The molecule has 0 spiro atoms. The van der Waals surface area contributed by atoms with E-state index < -0.39 is 0 Å². The van der Waals surface area contributed by atoms with Gasteiger partial charge in [-0.3, -0.25) is 4.99 Å². The number of benzene rings is 3. The van der Waals surface area contributed by atoms with Crippen molar-refractivity contribution in [3.05, 3.63) is 88.5 Å². The quantitative estimate of drug-likeness (QED) is 0.466. The molecule has 0 fully saturated rings. The Hall–Kier alpha value is -2.67. The Balaban J connectivity index is 1.96. The van der Waals surface area contributed by atoms with Gasteiger partial charge in [0.15, 0.2) is 0 Å². The van der Waals surface area contributed by atoms with Crippen LogP contribution < -0.4 is 0 Å². The zero-order valence-corrected chi connectivity index (χ0v) is 16.0. The Bertz CT molecular complexity index is 1030. The van der Waals surface area contributed by atoms with Gasteiger partial charge in [-0.05, 0) is 55.2 Å². The van der Waals surface area contributed by atoms with Crippen LogP contribution in [0.1, 0.15) is 55.9 Å². The fourth-order valence-corrected chi connectivity index (χ4v) is 3.86. The number of fused-ring (bicyclic) bond motifs is 2. The Morgan fingerprint density at radius 3 is 2.38 bits per heavy atom. The minimum absolute atomic E-state index is 0.0906. The van der Waals surface area contributed by atoms with E-state index in [0.717, 1.165) is 0 Å². The molecule has 1 aliphatic rings. The predicted octanol–water partition coefficient (Wildman–Crippen LogP) is 6.61. The van der Waals surface area contributed by atoms with Crippen molar-refractivity contribution in [1.82, 2.24) is 0 Å². The third kappa shape index (κ3) is 2.99. The molecule has 0 saturated heterocycles. The average molecular weight is 339 g/mol. The maximum Gasteiger partial charge on any atom is 0.0524 e. The molecule has 0 radical (unpaired) electrons. The van der Waals surface area contributed by atoms with Crippen molar-refractivity contribution in [2.75, 3.05) is 0 Å². The van der Waals surface area contributed by atoms with E-state index in [2.05, 4.69) is 101 Å². The van der Waals surface area contributed by atoms with Crippen LogP contribution in [0.5, 0.6) is 0 Å². The van der Waals surface area contributed by atoms with E-state index in [1.807, 2.05) is 0 Å². The van der Waals surface area contributed by atoms with Crippen LogP contribution in [-0.2, 0) is 0 Å². The molecular weight excluding hydrogens is 314 g/mol. The molecule has 26 heavy (non-hydrogen) atoms. The third-order valence-electron chi connectivity index (χ3n) is 5.04. The van der Waals surface area contributed by atoms with Gasteiger partial charge >= 0.3 is 0 Å². The van der Waals surface area contributed by atoms with Gasteiger partial charge in [-0.15, -0.1) is 0 Å². The van der Waals surface area contributed by atoms with Crippen molar-refractivity contribution < 1.29 is 0 Å². The Morgan fingerprint density at radius 1 is 0.846 bits per heavy atom. The molecule has 0 bridgehead atoms.